The Morgan fingerprint density at radius 3 is 1.50 bits per heavy atom. The summed E-state index contributed by atoms with van der Waals surface area (Å²) in [7, 11) is 1.20. The Labute approximate surface area is 64.2 Å². The monoisotopic (exact) mass is 113 g/mol. The summed E-state index contributed by atoms with van der Waals surface area (Å²) in [6, 6.07) is 0. The second-order valence-electron chi connectivity index (χ2n) is 0.957. The van der Waals surface area contributed by atoms with Crippen molar-refractivity contribution in [2.45, 2.75) is 13.8 Å². The van der Waals surface area contributed by atoms with Gasteiger partial charge in [-0.05, 0) is 12.3 Å². The van der Waals surface area contributed by atoms with Crippen LogP contribution in [-0.2, 0) is 0 Å². The molecule has 0 saturated heterocycles. The van der Waals surface area contributed by atoms with E-state index in [1.165, 1.54) is 20.9 Å². The third-order valence-corrected chi connectivity index (χ3v) is 1.50. The van der Waals surface area contributed by atoms with Crippen molar-refractivity contribution >= 4 is 8.58 Å². The van der Waals surface area contributed by atoms with Crippen LogP contribution in [0.25, 0.3) is 0 Å². The van der Waals surface area contributed by atoms with E-state index in [1.54, 1.807) is 0 Å². The molecule has 0 bridgehead atoms. The first-order valence-corrected chi connectivity index (χ1v) is 3.54. The maximum atomic E-state index is 2.22. The molecule has 0 heterocycles. The molecule has 0 fully saturated rings. The van der Waals surface area contributed by atoms with Gasteiger partial charge in [0.25, 0.3) is 0 Å². The van der Waals surface area contributed by atoms with Gasteiger partial charge >= 0.3 is 29.6 Å². The van der Waals surface area contributed by atoms with Gasteiger partial charge in [-0.2, -0.15) is 0 Å². The summed E-state index contributed by atoms with van der Waals surface area (Å²) < 4.78 is 0. The van der Waals surface area contributed by atoms with Crippen molar-refractivity contribution < 1.29 is 29.6 Å². The smallest absolute Gasteiger partial charge is 0.123 e. The molecule has 0 amide bonds. The van der Waals surface area contributed by atoms with E-state index >= 15 is 0 Å². The van der Waals surface area contributed by atoms with E-state index in [4.69, 9.17) is 0 Å². The third kappa shape index (κ3) is 9.06. The second kappa shape index (κ2) is 9.66. The average Bonchev–Trinajstić information content (AvgIpc) is 1.41. The fourth-order valence-corrected chi connectivity index (χ4v) is 0.750. The topological polar surface area (TPSA) is 0 Å². The Bertz CT molecular complexity index is 15.0. The molecule has 0 aliphatic heterocycles. The van der Waals surface area contributed by atoms with Crippen molar-refractivity contribution in [1.82, 2.24) is 0 Å². The first-order valence-electron chi connectivity index (χ1n) is 2.12. The van der Waals surface area contributed by atoms with Crippen molar-refractivity contribution in [3.8, 4) is 0 Å². The first-order chi connectivity index (χ1) is 2.41. The molecular weight excluding hydrogens is 102 g/mol. The minimum absolute atomic E-state index is 0. The van der Waals surface area contributed by atoms with Crippen LogP contribution in [0.3, 0.4) is 0 Å². The van der Waals surface area contributed by atoms with Crippen LogP contribution in [0.2, 0.25) is 0 Å². The zero-order chi connectivity index (χ0) is 4.12. The Kier molecular flexibility index (Phi) is 16.8. The summed E-state index contributed by atoms with van der Waals surface area (Å²) in [5.74, 6) is 0. The molecular formula is C4H11NaP+. The standard InChI is InChI=1S/C4H11P.Na/c1-3-5-4-2;/h5H,3-4H2,1-2H3;/q;+1. The molecule has 0 aliphatic carbocycles. The molecule has 32 valence electrons. The molecule has 0 aromatic heterocycles. The zero-order valence-electron chi connectivity index (χ0n) is 4.91. The van der Waals surface area contributed by atoms with E-state index in [0.29, 0.717) is 0 Å². The van der Waals surface area contributed by atoms with Crippen LogP contribution >= 0.6 is 8.58 Å². The van der Waals surface area contributed by atoms with Crippen LogP contribution in [0, 0.1) is 0 Å². The Balaban J connectivity index is 0. The molecule has 0 aliphatic rings. The van der Waals surface area contributed by atoms with Gasteiger partial charge in [-0.1, -0.05) is 13.8 Å². The fraction of sp³-hybridized carbons (Fsp3) is 1.00. The number of hydrogen-bond donors (Lipinski definition) is 0. The third-order valence-electron chi connectivity index (χ3n) is 0.500. The normalized spacial score (nSPS) is 7.00. The van der Waals surface area contributed by atoms with Gasteiger partial charge in [0.2, 0.25) is 0 Å². The second-order valence-corrected chi connectivity index (χ2v) is 2.87. The molecule has 0 radical (unpaired) electrons. The molecule has 0 atom stereocenters. The maximum Gasteiger partial charge on any atom is 1.00 e. The van der Waals surface area contributed by atoms with Crippen LogP contribution in [0.15, 0.2) is 0 Å². The molecule has 0 saturated carbocycles. The summed E-state index contributed by atoms with van der Waals surface area (Å²) in [6.45, 7) is 4.45. The quantitative estimate of drug-likeness (QED) is 0.309. The Morgan fingerprint density at radius 2 is 1.50 bits per heavy atom. The van der Waals surface area contributed by atoms with Crippen LogP contribution in [0.5, 0.6) is 0 Å². The Morgan fingerprint density at radius 1 is 1.17 bits per heavy atom. The van der Waals surface area contributed by atoms with Crippen molar-refractivity contribution in [3.05, 3.63) is 0 Å². The van der Waals surface area contributed by atoms with Crippen molar-refractivity contribution in [1.29, 1.82) is 0 Å². The van der Waals surface area contributed by atoms with Gasteiger partial charge in [-0.25, -0.2) is 0 Å². The predicted molar refractivity (Wildman–Crippen MR) is 29.4 cm³/mol. The molecule has 0 spiro atoms. The summed E-state index contributed by atoms with van der Waals surface area (Å²) in [5.41, 5.74) is 0. The minimum Gasteiger partial charge on any atom is -0.123 e. The molecule has 0 rings (SSSR count). The summed E-state index contributed by atoms with van der Waals surface area (Å²) >= 11 is 0. The van der Waals surface area contributed by atoms with E-state index < -0.39 is 0 Å². The van der Waals surface area contributed by atoms with E-state index in [0.717, 1.165) is 0 Å². The van der Waals surface area contributed by atoms with Crippen LogP contribution in [0.4, 0.5) is 0 Å². The van der Waals surface area contributed by atoms with Gasteiger partial charge in [0, 0.05) is 0 Å². The first kappa shape index (κ1) is 10.4. The van der Waals surface area contributed by atoms with Gasteiger partial charge in [-0.3, -0.25) is 0 Å². The largest absolute Gasteiger partial charge is 1.00 e. The van der Waals surface area contributed by atoms with E-state index in [9.17, 15) is 0 Å². The molecule has 6 heavy (non-hydrogen) atoms. The molecule has 0 nitrogen and oxygen atoms in total. The van der Waals surface area contributed by atoms with Crippen molar-refractivity contribution in [2.24, 2.45) is 0 Å². The fourth-order valence-electron chi connectivity index (χ4n) is 0.250. The van der Waals surface area contributed by atoms with E-state index in [2.05, 4.69) is 13.8 Å². The molecule has 2 heteroatoms. The summed E-state index contributed by atoms with van der Waals surface area (Å²) in [6.07, 6.45) is 2.74. The van der Waals surface area contributed by atoms with E-state index in [1.807, 2.05) is 0 Å². The van der Waals surface area contributed by atoms with Crippen LogP contribution < -0.4 is 29.6 Å². The molecule has 0 aromatic carbocycles. The summed E-state index contributed by atoms with van der Waals surface area (Å²) in [4.78, 5) is 0. The number of hydrogen-bond acceptors (Lipinski definition) is 0. The molecule has 0 aromatic rings. The maximum absolute atomic E-state index is 2.22. The van der Waals surface area contributed by atoms with Crippen LogP contribution in [-0.4, -0.2) is 12.3 Å². The average molecular weight is 113 g/mol. The van der Waals surface area contributed by atoms with Gasteiger partial charge in [0.15, 0.2) is 0 Å². The number of rotatable bonds is 2. The minimum atomic E-state index is 0. The van der Waals surface area contributed by atoms with Gasteiger partial charge in [0.05, 0.1) is 0 Å². The van der Waals surface area contributed by atoms with Gasteiger partial charge in [-0.15, -0.1) is 8.58 Å². The van der Waals surface area contributed by atoms with Gasteiger partial charge < -0.3 is 0 Å². The SMILES string of the molecule is CCPCC.[Na+]. The van der Waals surface area contributed by atoms with Crippen LogP contribution in [0.1, 0.15) is 13.8 Å². The molecule has 0 N–H and O–H groups in total. The van der Waals surface area contributed by atoms with Crippen molar-refractivity contribution in [3.63, 3.8) is 0 Å². The van der Waals surface area contributed by atoms with Gasteiger partial charge in [0.1, 0.15) is 0 Å². The van der Waals surface area contributed by atoms with Crippen molar-refractivity contribution in [2.75, 3.05) is 12.3 Å². The molecule has 0 unspecified atom stereocenters. The zero-order valence-corrected chi connectivity index (χ0v) is 7.91. The summed E-state index contributed by atoms with van der Waals surface area (Å²) in [5, 5.41) is 0. The Hall–Kier alpha value is 1.43. The predicted octanol–water partition coefficient (Wildman–Crippen LogP) is -1.29. The van der Waals surface area contributed by atoms with E-state index in [-0.39, 0.29) is 29.6 Å².